The molecule has 0 saturated carbocycles. The third-order valence-electron chi connectivity index (χ3n) is 3.90. The summed E-state index contributed by atoms with van der Waals surface area (Å²) in [4.78, 5) is 13.3. The summed E-state index contributed by atoms with van der Waals surface area (Å²) in [6.45, 7) is 1.92. The summed E-state index contributed by atoms with van der Waals surface area (Å²) in [5.41, 5.74) is 2.24. The van der Waals surface area contributed by atoms with Gasteiger partial charge in [0, 0.05) is 18.9 Å². The van der Waals surface area contributed by atoms with E-state index in [0.717, 1.165) is 16.0 Å². The van der Waals surface area contributed by atoms with Gasteiger partial charge in [-0.3, -0.25) is 0 Å². The molecule has 0 unspecified atom stereocenters. The van der Waals surface area contributed by atoms with E-state index in [4.69, 9.17) is 0 Å². The van der Waals surface area contributed by atoms with Crippen LogP contribution in [0.2, 0.25) is 0 Å². The molecule has 0 saturated heterocycles. The third-order valence-corrected chi connectivity index (χ3v) is 5.91. The highest BCUT2D eigenvalue weighted by molar-refractivity contribution is 9.10. The quantitative estimate of drug-likeness (QED) is 0.637. The molecule has 2 heterocycles. The number of rotatable bonds is 5. The zero-order valence-corrected chi connectivity index (χ0v) is 16.8. The molecule has 3 aromatic rings. The molecule has 26 heavy (non-hydrogen) atoms. The van der Waals surface area contributed by atoms with Crippen LogP contribution in [-0.2, 0) is 17.1 Å². The van der Waals surface area contributed by atoms with Crippen molar-refractivity contribution in [2.24, 2.45) is 7.05 Å². The van der Waals surface area contributed by atoms with Gasteiger partial charge in [-0.1, -0.05) is 0 Å². The zero-order valence-electron chi connectivity index (χ0n) is 14.4. The first kappa shape index (κ1) is 18.5. The van der Waals surface area contributed by atoms with Crippen LogP contribution in [0.1, 0.15) is 5.82 Å². The lowest BCUT2D eigenvalue weighted by molar-refractivity contribution is 0.588. The van der Waals surface area contributed by atoms with E-state index in [1.54, 1.807) is 24.5 Å². The van der Waals surface area contributed by atoms with Crippen LogP contribution in [0, 0.1) is 6.92 Å². The van der Waals surface area contributed by atoms with E-state index in [9.17, 15) is 8.42 Å². The van der Waals surface area contributed by atoms with Crippen molar-refractivity contribution < 1.29 is 8.42 Å². The molecule has 0 aliphatic heterocycles. The van der Waals surface area contributed by atoms with Crippen LogP contribution in [0.25, 0.3) is 11.4 Å². The Labute approximate surface area is 159 Å². The molecular formula is C16H17BrN6O2S. The highest BCUT2D eigenvalue weighted by Crippen LogP contribution is 2.27. The summed E-state index contributed by atoms with van der Waals surface area (Å²) in [6, 6.07) is 6.34. The molecule has 136 valence electrons. The first-order valence-corrected chi connectivity index (χ1v) is 9.91. The molecule has 2 N–H and O–H groups in total. The number of halogens is 1. The summed E-state index contributed by atoms with van der Waals surface area (Å²) in [6.07, 6.45) is 3.41. The maximum absolute atomic E-state index is 11.8. The highest BCUT2D eigenvalue weighted by atomic mass is 79.9. The van der Waals surface area contributed by atoms with Crippen molar-refractivity contribution in [2.75, 3.05) is 12.4 Å². The van der Waals surface area contributed by atoms with Crippen LogP contribution >= 0.6 is 15.9 Å². The van der Waals surface area contributed by atoms with Crippen LogP contribution < -0.4 is 10.0 Å². The fourth-order valence-electron chi connectivity index (χ4n) is 2.29. The molecule has 0 amide bonds. The van der Waals surface area contributed by atoms with Gasteiger partial charge in [0.25, 0.3) is 0 Å². The molecular weight excluding hydrogens is 420 g/mol. The Hall–Kier alpha value is -2.30. The van der Waals surface area contributed by atoms with Crippen molar-refractivity contribution in [3.63, 3.8) is 0 Å². The molecule has 0 atom stereocenters. The number of benzene rings is 1. The molecule has 8 nitrogen and oxygen atoms in total. The zero-order chi connectivity index (χ0) is 18.9. The number of aromatic nitrogens is 4. The van der Waals surface area contributed by atoms with Crippen molar-refractivity contribution >= 4 is 37.6 Å². The van der Waals surface area contributed by atoms with Crippen LogP contribution in [-0.4, -0.2) is 35.0 Å². The van der Waals surface area contributed by atoms with Gasteiger partial charge in [-0.15, -0.1) is 0 Å². The fourth-order valence-corrected chi connectivity index (χ4v) is 3.42. The molecule has 2 aromatic heterocycles. The largest absolute Gasteiger partial charge is 0.330 e. The van der Waals surface area contributed by atoms with Crippen LogP contribution in [0.3, 0.4) is 0 Å². The molecule has 3 rings (SSSR count). The molecule has 0 bridgehead atoms. The van der Waals surface area contributed by atoms with Crippen molar-refractivity contribution in [2.45, 2.75) is 11.8 Å². The second-order valence-electron chi connectivity index (χ2n) is 5.50. The maximum atomic E-state index is 11.8. The summed E-state index contributed by atoms with van der Waals surface area (Å²) in [5, 5.41) is 3.08. The number of hydrogen-bond donors (Lipinski definition) is 2. The van der Waals surface area contributed by atoms with E-state index in [-0.39, 0.29) is 4.90 Å². The summed E-state index contributed by atoms with van der Waals surface area (Å²) in [7, 11) is -0.173. The van der Waals surface area contributed by atoms with E-state index in [2.05, 4.69) is 40.9 Å². The lowest BCUT2D eigenvalue weighted by Gasteiger charge is -2.10. The Bertz CT molecular complexity index is 1050. The van der Waals surface area contributed by atoms with E-state index in [1.807, 2.05) is 18.5 Å². The van der Waals surface area contributed by atoms with E-state index < -0.39 is 10.0 Å². The second-order valence-corrected chi connectivity index (χ2v) is 8.24. The molecule has 10 heteroatoms. The van der Waals surface area contributed by atoms with Crippen LogP contribution in [0.15, 0.2) is 46.0 Å². The van der Waals surface area contributed by atoms with Gasteiger partial charge in [-0.05, 0) is 54.2 Å². The van der Waals surface area contributed by atoms with Crippen molar-refractivity contribution in [1.82, 2.24) is 24.2 Å². The normalized spacial score (nSPS) is 11.5. The van der Waals surface area contributed by atoms with Crippen LogP contribution in [0.5, 0.6) is 0 Å². The van der Waals surface area contributed by atoms with Gasteiger partial charge in [-0.2, -0.15) is 0 Å². The number of hydrogen-bond acceptors (Lipinski definition) is 6. The molecule has 0 aliphatic rings. The molecule has 0 radical (unpaired) electrons. The lowest BCUT2D eigenvalue weighted by Crippen LogP contribution is -2.18. The predicted octanol–water partition coefficient (Wildman–Crippen LogP) is 2.60. The minimum absolute atomic E-state index is 0.188. The minimum Gasteiger partial charge on any atom is -0.330 e. The van der Waals surface area contributed by atoms with Gasteiger partial charge < -0.3 is 9.88 Å². The van der Waals surface area contributed by atoms with E-state index in [0.29, 0.717) is 17.3 Å². The Morgan fingerprint density at radius 1 is 1.12 bits per heavy atom. The molecule has 1 aromatic carbocycles. The average Bonchev–Trinajstić information content (AvgIpc) is 2.96. The van der Waals surface area contributed by atoms with E-state index in [1.165, 1.54) is 19.2 Å². The highest BCUT2D eigenvalue weighted by Gasteiger charge is 2.14. The standard InChI is InChI=1S/C16H17BrN6O2S/c1-10-19-9-14(23(10)3)15-13(17)8-20-16(22-15)21-11-4-6-12(7-5-11)26(24,25)18-2/h4-9,18H,1-3H3,(H,20,21,22). The minimum atomic E-state index is -3.46. The van der Waals surface area contributed by atoms with Crippen LogP contribution in [0.4, 0.5) is 11.6 Å². The van der Waals surface area contributed by atoms with Gasteiger partial charge in [0.1, 0.15) is 11.5 Å². The SMILES string of the molecule is CNS(=O)(=O)c1ccc(Nc2ncc(Br)c(-c3cnc(C)n3C)n2)cc1. The van der Waals surface area contributed by atoms with Crippen molar-refractivity contribution in [3.05, 3.63) is 47.0 Å². The Morgan fingerprint density at radius 3 is 2.38 bits per heavy atom. The predicted molar refractivity (Wildman–Crippen MR) is 103 cm³/mol. The third kappa shape index (κ3) is 3.62. The van der Waals surface area contributed by atoms with Gasteiger partial charge in [0.05, 0.1) is 21.3 Å². The molecule has 0 aliphatic carbocycles. The first-order valence-electron chi connectivity index (χ1n) is 7.63. The Kier molecular flexibility index (Phi) is 5.08. The number of aryl methyl sites for hydroxylation is 1. The summed E-state index contributed by atoms with van der Waals surface area (Å²) in [5.74, 6) is 1.27. The van der Waals surface area contributed by atoms with Crippen molar-refractivity contribution in [3.8, 4) is 11.4 Å². The second kappa shape index (κ2) is 7.14. The number of imidazole rings is 1. The Balaban J connectivity index is 1.89. The smallest absolute Gasteiger partial charge is 0.240 e. The Morgan fingerprint density at radius 2 is 1.81 bits per heavy atom. The number of nitrogens with zero attached hydrogens (tertiary/aromatic N) is 4. The summed E-state index contributed by atoms with van der Waals surface area (Å²) < 4.78 is 28.5. The van der Waals surface area contributed by atoms with E-state index >= 15 is 0 Å². The van der Waals surface area contributed by atoms with Gasteiger partial charge in [0.15, 0.2) is 0 Å². The molecule has 0 fully saturated rings. The summed E-state index contributed by atoms with van der Waals surface area (Å²) >= 11 is 3.47. The lowest BCUT2D eigenvalue weighted by atomic mass is 10.3. The first-order chi connectivity index (χ1) is 12.3. The monoisotopic (exact) mass is 436 g/mol. The van der Waals surface area contributed by atoms with Crippen molar-refractivity contribution in [1.29, 1.82) is 0 Å². The number of anilines is 2. The fraction of sp³-hybridized carbons (Fsp3) is 0.188. The maximum Gasteiger partial charge on any atom is 0.240 e. The average molecular weight is 437 g/mol. The van der Waals surface area contributed by atoms with Gasteiger partial charge >= 0.3 is 0 Å². The van der Waals surface area contributed by atoms with Gasteiger partial charge in [-0.25, -0.2) is 28.1 Å². The molecule has 0 spiro atoms. The number of nitrogens with one attached hydrogen (secondary N) is 2. The van der Waals surface area contributed by atoms with Gasteiger partial charge in [0.2, 0.25) is 16.0 Å². The number of sulfonamides is 1. The topological polar surface area (TPSA) is 102 Å².